The molecular formula is C22H18N12O2. The summed E-state index contributed by atoms with van der Waals surface area (Å²) in [4.78, 5) is 48.0. The molecule has 5 aromatic rings. The van der Waals surface area contributed by atoms with Gasteiger partial charge in [-0.25, -0.2) is 40.4 Å². The highest BCUT2D eigenvalue weighted by molar-refractivity contribution is 6.04. The van der Waals surface area contributed by atoms with Crippen LogP contribution in [-0.4, -0.2) is 51.5 Å². The van der Waals surface area contributed by atoms with Crippen molar-refractivity contribution in [2.45, 2.75) is 0 Å². The van der Waals surface area contributed by atoms with E-state index in [-0.39, 0.29) is 11.9 Å². The Kier molecular flexibility index (Phi) is 5.88. The predicted molar refractivity (Wildman–Crippen MR) is 134 cm³/mol. The summed E-state index contributed by atoms with van der Waals surface area (Å²) in [7, 11) is 3.11. The second-order valence-corrected chi connectivity index (χ2v) is 7.57. The molecule has 0 amide bonds. The van der Waals surface area contributed by atoms with Gasteiger partial charge < -0.3 is 0 Å². The van der Waals surface area contributed by atoms with Crippen molar-refractivity contribution in [2.75, 3.05) is 10.9 Å². The van der Waals surface area contributed by atoms with Crippen LogP contribution in [0.3, 0.4) is 0 Å². The molecule has 0 spiro atoms. The lowest BCUT2D eigenvalue weighted by Crippen LogP contribution is -2.21. The van der Waals surface area contributed by atoms with E-state index in [1.165, 1.54) is 34.2 Å². The Morgan fingerprint density at radius 2 is 1.08 bits per heavy atom. The second kappa shape index (κ2) is 9.46. The number of anilines is 2. The summed E-state index contributed by atoms with van der Waals surface area (Å²) in [5.74, 6) is 0.169. The van der Waals surface area contributed by atoms with Gasteiger partial charge in [-0.2, -0.15) is 20.2 Å². The molecule has 1 aromatic carbocycles. The Morgan fingerprint density at radius 3 is 1.50 bits per heavy atom. The first-order chi connectivity index (χ1) is 17.5. The molecule has 4 heterocycles. The first kappa shape index (κ1) is 22.4. The van der Waals surface area contributed by atoms with E-state index >= 15 is 0 Å². The van der Waals surface area contributed by atoms with E-state index in [1.807, 2.05) is 36.4 Å². The number of nitrogens with zero attached hydrogens (tertiary/aromatic N) is 10. The molecule has 0 aliphatic carbocycles. The number of fused-ring (bicyclic) bond motifs is 3. The van der Waals surface area contributed by atoms with Crippen molar-refractivity contribution in [3.63, 3.8) is 0 Å². The van der Waals surface area contributed by atoms with E-state index in [2.05, 4.69) is 51.0 Å². The molecule has 0 fully saturated rings. The molecule has 0 saturated heterocycles. The predicted octanol–water partition coefficient (Wildman–Crippen LogP) is 0.652. The van der Waals surface area contributed by atoms with Crippen LogP contribution in [0.4, 0.5) is 11.9 Å². The molecule has 0 unspecified atom stereocenters. The summed E-state index contributed by atoms with van der Waals surface area (Å²) < 4.78 is 2.51. The van der Waals surface area contributed by atoms with Crippen LogP contribution >= 0.6 is 0 Å². The van der Waals surface area contributed by atoms with Gasteiger partial charge in [-0.3, -0.25) is 9.13 Å². The topological polar surface area (TPSA) is 170 Å². The molecule has 0 atom stereocenters. The maximum Gasteiger partial charge on any atom is 0.351 e. The Morgan fingerprint density at radius 1 is 0.667 bits per heavy atom. The van der Waals surface area contributed by atoms with Gasteiger partial charge >= 0.3 is 11.4 Å². The SMILES string of the molecule is Cn1cnc(N/N=C/c2ccc3ccc4ccc(/C=N/Nc5ncn(C)c(=O)n5)nc4c3n2)nc1=O. The molecule has 4 aromatic heterocycles. The summed E-state index contributed by atoms with van der Waals surface area (Å²) in [6, 6.07) is 11.4. The van der Waals surface area contributed by atoms with E-state index in [4.69, 9.17) is 0 Å². The van der Waals surface area contributed by atoms with Gasteiger partial charge in [0.1, 0.15) is 12.7 Å². The standard InChI is InChI=1S/C22H18N12O2/c1-33-11-23-19(29-21(33)35)31-25-9-15-7-5-13-3-4-14-6-8-16(28-18(14)17(13)27-15)10-26-32-20-24-12-34(2)22(36)30-20/h3-12H,1-2H3,(H,29,31,35)(H,30,32,36)/b25-9+,26-10+. The van der Waals surface area contributed by atoms with E-state index in [1.54, 1.807) is 14.1 Å². The molecule has 5 rings (SSSR count). The molecule has 36 heavy (non-hydrogen) atoms. The number of pyridine rings is 2. The van der Waals surface area contributed by atoms with Crippen molar-refractivity contribution in [1.82, 2.24) is 39.0 Å². The number of hydrazone groups is 2. The van der Waals surface area contributed by atoms with Crippen LogP contribution in [-0.2, 0) is 14.1 Å². The third-order valence-corrected chi connectivity index (χ3v) is 5.00. The van der Waals surface area contributed by atoms with E-state index < -0.39 is 11.4 Å². The van der Waals surface area contributed by atoms with Crippen molar-refractivity contribution >= 4 is 46.1 Å². The first-order valence-corrected chi connectivity index (χ1v) is 10.5. The van der Waals surface area contributed by atoms with Gasteiger partial charge in [0.15, 0.2) is 0 Å². The van der Waals surface area contributed by atoms with Gasteiger partial charge in [-0.1, -0.05) is 24.3 Å². The second-order valence-electron chi connectivity index (χ2n) is 7.57. The summed E-state index contributed by atoms with van der Waals surface area (Å²) in [6.07, 6.45) is 5.70. The fraction of sp³-hybridized carbons (Fsp3) is 0.0909. The average Bonchev–Trinajstić information content (AvgIpc) is 2.88. The van der Waals surface area contributed by atoms with Crippen molar-refractivity contribution in [3.8, 4) is 0 Å². The number of nitrogens with one attached hydrogen (secondary N) is 2. The number of benzene rings is 1. The molecule has 0 aliphatic heterocycles. The highest BCUT2D eigenvalue weighted by Crippen LogP contribution is 2.22. The lowest BCUT2D eigenvalue weighted by molar-refractivity contribution is 0.772. The highest BCUT2D eigenvalue weighted by atomic mass is 16.1. The molecular weight excluding hydrogens is 464 g/mol. The molecule has 0 aliphatic rings. The lowest BCUT2D eigenvalue weighted by atomic mass is 10.1. The van der Waals surface area contributed by atoms with Crippen LogP contribution in [0.2, 0.25) is 0 Å². The average molecular weight is 482 g/mol. The van der Waals surface area contributed by atoms with Crippen molar-refractivity contribution in [1.29, 1.82) is 0 Å². The van der Waals surface area contributed by atoms with Crippen LogP contribution in [0.5, 0.6) is 0 Å². The van der Waals surface area contributed by atoms with Crippen molar-refractivity contribution < 1.29 is 0 Å². The number of rotatable bonds is 6. The van der Waals surface area contributed by atoms with Crippen LogP contribution < -0.4 is 22.2 Å². The number of hydrogen-bond donors (Lipinski definition) is 2. The largest absolute Gasteiger partial charge is 0.351 e. The quantitative estimate of drug-likeness (QED) is 0.199. The van der Waals surface area contributed by atoms with Crippen molar-refractivity contribution in [2.24, 2.45) is 24.3 Å². The number of aryl methyl sites for hydroxylation is 2. The van der Waals surface area contributed by atoms with Crippen LogP contribution in [0.1, 0.15) is 11.4 Å². The van der Waals surface area contributed by atoms with Gasteiger partial charge in [0.2, 0.25) is 11.9 Å². The highest BCUT2D eigenvalue weighted by Gasteiger charge is 2.06. The fourth-order valence-electron chi connectivity index (χ4n) is 3.14. The van der Waals surface area contributed by atoms with Crippen LogP contribution in [0.25, 0.3) is 21.8 Å². The van der Waals surface area contributed by atoms with Gasteiger partial charge in [-0.15, -0.1) is 0 Å². The zero-order valence-electron chi connectivity index (χ0n) is 19.1. The Labute approximate surface area is 202 Å². The lowest BCUT2D eigenvalue weighted by Gasteiger charge is -2.05. The molecule has 0 bridgehead atoms. The smallest absolute Gasteiger partial charge is 0.286 e. The first-order valence-electron chi connectivity index (χ1n) is 10.5. The zero-order valence-corrected chi connectivity index (χ0v) is 19.1. The molecule has 0 radical (unpaired) electrons. The molecule has 14 heteroatoms. The number of hydrogen-bond acceptors (Lipinski definition) is 12. The third kappa shape index (κ3) is 4.77. The molecule has 0 saturated carbocycles. The van der Waals surface area contributed by atoms with Crippen LogP contribution in [0, 0.1) is 0 Å². The monoisotopic (exact) mass is 482 g/mol. The minimum absolute atomic E-state index is 0.0843. The van der Waals surface area contributed by atoms with Gasteiger partial charge in [0.25, 0.3) is 0 Å². The minimum Gasteiger partial charge on any atom is -0.286 e. The van der Waals surface area contributed by atoms with Crippen LogP contribution in [0.15, 0.2) is 68.8 Å². The van der Waals surface area contributed by atoms with Gasteiger partial charge in [0.05, 0.1) is 34.9 Å². The Bertz CT molecular complexity index is 1640. The van der Waals surface area contributed by atoms with E-state index in [9.17, 15) is 9.59 Å². The normalized spacial score (nSPS) is 11.6. The molecule has 178 valence electrons. The molecule has 14 nitrogen and oxygen atoms in total. The fourth-order valence-corrected chi connectivity index (χ4v) is 3.14. The zero-order chi connectivity index (χ0) is 25.1. The maximum absolute atomic E-state index is 11.6. The Hall–Kier alpha value is -5.40. The molecule has 2 N–H and O–H groups in total. The Balaban J connectivity index is 1.40. The summed E-state index contributed by atoms with van der Waals surface area (Å²) in [5.41, 5.74) is 6.85. The summed E-state index contributed by atoms with van der Waals surface area (Å²) in [5, 5.41) is 9.94. The maximum atomic E-state index is 11.6. The number of aromatic nitrogens is 8. The minimum atomic E-state index is -0.445. The summed E-state index contributed by atoms with van der Waals surface area (Å²) >= 11 is 0. The van der Waals surface area contributed by atoms with Crippen molar-refractivity contribution in [3.05, 3.63) is 81.4 Å². The van der Waals surface area contributed by atoms with E-state index in [0.29, 0.717) is 22.4 Å². The third-order valence-electron chi connectivity index (χ3n) is 5.00. The van der Waals surface area contributed by atoms with Gasteiger partial charge in [0, 0.05) is 24.9 Å². The summed E-state index contributed by atoms with van der Waals surface area (Å²) in [6.45, 7) is 0. The van der Waals surface area contributed by atoms with E-state index in [0.717, 1.165) is 10.8 Å². The van der Waals surface area contributed by atoms with Gasteiger partial charge in [-0.05, 0) is 12.1 Å².